The van der Waals surface area contributed by atoms with Crippen LogP contribution in [0.15, 0.2) is 48.5 Å². The fraction of sp³-hybridized carbons (Fsp3) is 0.423. The Bertz CT molecular complexity index is 991. The standard InChI is InChI=1S/C26H30N2O5/c1-2-23(25(31)28-13-7-8-17(15-28)14-24(29)30)27-26(32)33-16-22-20-11-5-3-9-18(20)19-10-4-6-12-21(19)22/h3-6,9-12,17,22-23H,2,7-8,13-16H2,1H3,(H,27,32)(H,29,30). The lowest BCUT2D eigenvalue weighted by Crippen LogP contribution is -2.51. The van der Waals surface area contributed by atoms with Gasteiger partial charge in [0.15, 0.2) is 0 Å². The van der Waals surface area contributed by atoms with Crippen LogP contribution in [0.25, 0.3) is 11.1 Å². The van der Waals surface area contributed by atoms with Gasteiger partial charge >= 0.3 is 12.1 Å². The van der Waals surface area contributed by atoms with Gasteiger partial charge < -0.3 is 20.1 Å². The molecular formula is C26H30N2O5. The molecule has 0 saturated carbocycles. The second-order valence-electron chi connectivity index (χ2n) is 8.82. The summed E-state index contributed by atoms with van der Waals surface area (Å²) in [6, 6.07) is 15.6. The molecule has 1 fully saturated rings. The van der Waals surface area contributed by atoms with E-state index >= 15 is 0 Å². The van der Waals surface area contributed by atoms with Gasteiger partial charge in [0.2, 0.25) is 5.91 Å². The summed E-state index contributed by atoms with van der Waals surface area (Å²) in [6.45, 7) is 3.02. The first-order valence-electron chi connectivity index (χ1n) is 11.6. The molecule has 2 aromatic carbocycles. The Hall–Kier alpha value is -3.35. The van der Waals surface area contributed by atoms with Gasteiger partial charge in [0.25, 0.3) is 0 Å². The summed E-state index contributed by atoms with van der Waals surface area (Å²) in [5.74, 6) is -1.12. The number of carbonyl (C=O) groups is 3. The molecule has 33 heavy (non-hydrogen) atoms. The van der Waals surface area contributed by atoms with Crippen molar-refractivity contribution in [2.75, 3.05) is 19.7 Å². The molecule has 0 radical (unpaired) electrons. The van der Waals surface area contributed by atoms with Crippen molar-refractivity contribution in [2.45, 2.75) is 44.6 Å². The van der Waals surface area contributed by atoms with Gasteiger partial charge in [-0.05, 0) is 47.4 Å². The molecule has 0 spiro atoms. The fourth-order valence-corrected chi connectivity index (χ4v) is 5.02. The van der Waals surface area contributed by atoms with E-state index in [1.807, 2.05) is 31.2 Å². The summed E-state index contributed by atoms with van der Waals surface area (Å²) >= 11 is 0. The van der Waals surface area contributed by atoms with Gasteiger partial charge in [0.05, 0.1) is 0 Å². The SMILES string of the molecule is CCC(NC(=O)OCC1c2ccccc2-c2ccccc21)C(=O)N1CCCC(CC(=O)O)C1. The molecule has 2 aromatic rings. The van der Waals surface area contributed by atoms with E-state index in [4.69, 9.17) is 9.84 Å². The molecular weight excluding hydrogens is 420 g/mol. The van der Waals surface area contributed by atoms with E-state index in [2.05, 4.69) is 29.6 Å². The van der Waals surface area contributed by atoms with Crippen LogP contribution >= 0.6 is 0 Å². The number of carboxylic acid groups (broad SMARTS) is 1. The third-order valence-electron chi connectivity index (χ3n) is 6.64. The van der Waals surface area contributed by atoms with Crippen molar-refractivity contribution in [3.8, 4) is 11.1 Å². The number of alkyl carbamates (subject to hydrolysis) is 1. The molecule has 7 nitrogen and oxygen atoms in total. The summed E-state index contributed by atoms with van der Waals surface area (Å²) in [4.78, 5) is 38.3. The van der Waals surface area contributed by atoms with Crippen LogP contribution in [0.3, 0.4) is 0 Å². The molecule has 2 aliphatic rings. The van der Waals surface area contributed by atoms with Crippen molar-refractivity contribution in [1.29, 1.82) is 0 Å². The number of amides is 2. The van der Waals surface area contributed by atoms with Crippen molar-refractivity contribution in [3.63, 3.8) is 0 Å². The number of benzene rings is 2. The molecule has 174 valence electrons. The van der Waals surface area contributed by atoms with Crippen molar-refractivity contribution < 1.29 is 24.2 Å². The minimum atomic E-state index is -0.849. The van der Waals surface area contributed by atoms with Gasteiger partial charge in [-0.1, -0.05) is 55.5 Å². The molecule has 2 atom stereocenters. The lowest BCUT2D eigenvalue weighted by molar-refractivity contribution is -0.141. The maximum Gasteiger partial charge on any atom is 0.407 e. The van der Waals surface area contributed by atoms with Crippen molar-refractivity contribution in [1.82, 2.24) is 10.2 Å². The average Bonchev–Trinajstić information content (AvgIpc) is 3.14. The van der Waals surface area contributed by atoms with Gasteiger partial charge in [-0.15, -0.1) is 0 Å². The highest BCUT2D eigenvalue weighted by molar-refractivity contribution is 5.86. The number of carboxylic acids is 1. The number of aliphatic carboxylic acids is 1. The molecule has 7 heteroatoms. The largest absolute Gasteiger partial charge is 0.481 e. The first kappa shape index (κ1) is 22.8. The Balaban J connectivity index is 1.36. The van der Waals surface area contributed by atoms with Crippen molar-refractivity contribution in [3.05, 3.63) is 59.7 Å². The van der Waals surface area contributed by atoms with Gasteiger partial charge in [-0.25, -0.2) is 4.79 Å². The zero-order chi connectivity index (χ0) is 23.4. The van der Waals surface area contributed by atoms with E-state index in [-0.39, 0.29) is 30.8 Å². The normalized spacial score (nSPS) is 18.2. The second-order valence-corrected chi connectivity index (χ2v) is 8.82. The molecule has 1 aliphatic heterocycles. The molecule has 1 saturated heterocycles. The van der Waals surface area contributed by atoms with Crippen LogP contribution in [-0.4, -0.2) is 53.7 Å². The predicted molar refractivity (Wildman–Crippen MR) is 124 cm³/mol. The Morgan fingerprint density at radius 1 is 1.09 bits per heavy atom. The Morgan fingerprint density at radius 3 is 2.33 bits per heavy atom. The van der Waals surface area contributed by atoms with Gasteiger partial charge in [-0.3, -0.25) is 9.59 Å². The van der Waals surface area contributed by atoms with Crippen LogP contribution in [0, 0.1) is 5.92 Å². The van der Waals surface area contributed by atoms with E-state index in [9.17, 15) is 14.4 Å². The smallest absolute Gasteiger partial charge is 0.407 e. The minimum absolute atomic E-state index is 0.0437. The van der Waals surface area contributed by atoms with Crippen molar-refractivity contribution in [2.24, 2.45) is 5.92 Å². The van der Waals surface area contributed by atoms with Crippen LogP contribution in [0.2, 0.25) is 0 Å². The van der Waals surface area contributed by atoms with Crippen LogP contribution in [-0.2, 0) is 14.3 Å². The number of fused-ring (bicyclic) bond motifs is 3. The van der Waals surface area contributed by atoms with Gasteiger partial charge in [0.1, 0.15) is 12.6 Å². The van der Waals surface area contributed by atoms with Crippen LogP contribution in [0.1, 0.15) is 49.7 Å². The average molecular weight is 451 g/mol. The summed E-state index contributed by atoms with van der Waals surface area (Å²) in [5.41, 5.74) is 4.58. The van der Waals surface area contributed by atoms with Crippen molar-refractivity contribution >= 4 is 18.0 Å². The highest BCUT2D eigenvalue weighted by Crippen LogP contribution is 2.44. The van der Waals surface area contributed by atoms with E-state index < -0.39 is 18.1 Å². The number of hydrogen-bond acceptors (Lipinski definition) is 4. The topological polar surface area (TPSA) is 95.9 Å². The summed E-state index contributed by atoms with van der Waals surface area (Å²) in [7, 11) is 0. The van der Waals surface area contributed by atoms with E-state index in [0.717, 1.165) is 35.1 Å². The lowest BCUT2D eigenvalue weighted by atomic mass is 9.94. The zero-order valence-corrected chi connectivity index (χ0v) is 18.8. The number of hydrogen-bond donors (Lipinski definition) is 2. The highest BCUT2D eigenvalue weighted by Gasteiger charge is 2.32. The molecule has 2 unspecified atom stereocenters. The Kier molecular flexibility index (Phi) is 6.96. The fourth-order valence-electron chi connectivity index (χ4n) is 5.02. The Morgan fingerprint density at radius 2 is 1.73 bits per heavy atom. The number of nitrogens with one attached hydrogen (secondary N) is 1. The number of rotatable bonds is 7. The van der Waals surface area contributed by atoms with Gasteiger partial charge in [0, 0.05) is 25.4 Å². The predicted octanol–water partition coefficient (Wildman–Crippen LogP) is 4.02. The zero-order valence-electron chi connectivity index (χ0n) is 18.8. The molecule has 0 bridgehead atoms. The molecule has 1 aliphatic carbocycles. The number of likely N-dealkylation sites (tertiary alicyclic amines) is 1. The van der Waals surface area contributed by atoms with E-state index in [1.54, 1.807) is 4.90 Å². The second kappa shape index (κ2) is 10.1. The molecule has 0 aromatic heterocycles. The summed E-state index contributed by atoms with van der Waals surface area (Å²) in [5, 5.41) is 11.8. The summed E-state index contributed by atoms with van der Waals surface area (Å²) in [6.07, 6.45) is 1.44. The third-order valence-corrected chi connectivity index (χ3v) is 6.64. The lowest BCUT2D eigenvalue weighted by Gasteiger charge is -2.34. The first-order chi connectivity index (χ1) is 16.0. The number of carbonyl (C=O) groups excluding carboxylic acids is 2. The highest BCUT2D eigenvalue weighted by atomic mass is 16.5. The maximum absolute atomic E-state index is 13.0. The molecule has 1 heterocycles. The Labute approximate surface area is 193 Å². The quantitative estimate of drug-likeness (QED) is 0.664. The monoisotopic (exact) mass is 450 g/mol. The molecule has 2 N–H and O–H groups in total. The van der Waals surface area contributed by atoms with Gasteiger partial charge in [-0.2, -0.15) is 0 Å². The van der Waals surface area contributed by atoms with E-state index in [1.165, 1.54) is 0 Å². The third kappa shape index (κ3) is 5.02. The first-order valence-corrected chi connectivity index (χ1v) is 11.6. The van der Waals surface area contributed by atoms with Crippen LogP contribution < -0.4 is 5.32 Å². The molecule has 2 amide bonds. The van der Waals surface area contributed by atoms with Crippen LogP contribution in [0.4, 0.5) is 4.79 Å². The van der Waals surface area contributed by atoms with E-state index in [0.29, 0.717) is 19.5 Å². The number of piperidine rings is 1. The molecule has 4 rings (SSSR count). The van der Waals surface area contributed by atoms with Crippen LogP contribution in [0.5, 0.6) is 0 Å². The number of nitrogens with zero attached hydrogens (tertiary/aromatic N) is 1. The number of ether oxygens (including phenoxy) is 1. The maximum atomic E-state index is 13.0. The summed E-state index contributed by atoms with van der Waals surface area (Å²) < 4.78 is 5.58. The minimum Gasteiger partial charge on any atom is -0.481 e.